The molecule has 0 fully saturated rings. The lowest BCUT2D eigenvalue weighted by atomic mass is 9.92. The number of fused-ring (bicyclic) bond motifs is 3. The van der Waals surface area contributed by atoms with Crippen molar-refractivity contribution in [2.45, 2.75) is 11.8 Å². The number of halogens is 3. The number of hydrogen-bond donors (Lipinski definition) is 1. The van der Waals surface area contributed by atoms with Crippen LogP contribution in [0.2, 0.25) is 0 Å². The number of amides is 1. The number of rotatable bonds is 5. The van der Waals surface area contributed by atoms with Crippen molar-refractivity contribution in [1.82, 2.24) is 0 Å². The van der Waals surface area contributed by atoms with Crippen LogP contribution in [0.25, 0.3) is 16.8 Å². The fraction of sp³-hybridized carbons (Fsp3) is 0.167. The van der Waals surface area contributed by atoms with E-state index in [2.05, 4.69) is 5.32 Å². The number of ether oxygens (including phenoxy) is 3. The maximum Gasteiger partial charge on any atom is 0.442 e. The molecule has 170 valence electrons. The van der Waals surface area contributed by atoms with Gasteiger partial charge in [0.15, 0.2) is 0 Å². The number of alkyl halides is 3. The van der Waals surface area contributed by atoms with Crippen LogP contribution in [0.15, 0.2) is 60.7 Å². The summed E-state index contributed by atoms with van der Waals surface area (Å²) >= 11 is 0. The van der Waals surface area contributed by atoms with E-state index in [-0.39, 0.29) is 5.69 Å². The Bertz CT molecular complexity index is 1280. The summed E-state index contributed by atoms with van der Waals surface area (Å²) in [6.45, 7) is 0. The molecular weight excluding hydrogens is 439 g/mol. The summed E-state index contributed by atoms with van der Waals surface area (Å²) in [7, 11) is 2.84. The van der Waals surface area contributed by atoms with Crippen LogP contribution in [0.4, 0.5) is 18.9 Å². The maximum absolute atomic E-state index is 14.3. The highest BCUT2D eigenvalue weighted by Crippen LogP contribution is 2.51. The van der Waals surface area contributed by atoms with E-state index in [1.54, 1.807) is 36.4 Å². The molecule has 1 aliphatic rings. The SMILES string of the molecule is COc1ccc(OC)c(/C=C/C(=O)OC2(C(F)(F)F)C(=O)Nc3c2ccc2ccccc32)c1. The zero-order chi connectivity index (χ0) is 23.8. The van der Waals surface area contributed by atoms with Crippen molar-refractivity contribution in [3.63, 3.8) is 0 Å². The molecule has 33 heavy (non-hydrogen) atoms. The second-order valence-electron chi connectivity index (χ2n) is 7.20. The number of benzene rings is 3. The first kappa shape index (κ1) is 22.2. The number of methoxy groups -OCH3 is 2. The topological polar surface area (TPSA) is 73.9 Å². The van der Waals surface area contributed by atoms with E-state index in [0.717, 1.165) is 12.1 Å². The van der Waals surface area contributed by atoms with Crippen LogP contribution in [0.1, 0.15) is 11.1 Å². The Morgan fingerprint density at radius 3 is 2.48 bits per heavy atom. The Morgan fingerprint density at radius 1 is 1.03 bits per heavy atom. The van der Waals surface area contributed by atoms with Crippen LogP contribution < -0.4 is 14.8 Å². The largest absolute Gasteiger partial charge is 0.497 e. The molecule has 9 heteroatoms. The van der Waals surface area contributed by atoms with Gasteiger partial charge in [-0.05, 0) is 29.7 Å². The van der Waals surface area contributed by atoms with Gasteiger partial charge in [-0.15, -0.1) is 0 Å². The van der Waals surface area contributed by atoms with Gasteiger partial charge in [-0.3, -0.25) is 4.79 Å². The third-order valence-corrected chi connectivity index (χ3v) is 5.36. The van der Waals surface area contributed by atoms with Crippen LogP contribution in [0.5, 0.6) is 11.5 Å². The minimum absolute atomic E-state index is 0.0401. The first-order chi connectivity index (χ1) is 15.7. The molecule has 0 radical (unpaired) electrons. The summed E-state index contributed by atoms with van der Waals surface area (Å²) in [5.41, 5.74) is -3.62. The third-order valence-electron chi connectivity index (χ3n) is 5.36. The summed E-state index contributed by atoms with van der Waals surface area (Å²) < 4.78 is 58.0. The van der Waals surface area contributed by atoms with Gasteiger partial charge in [0.2, 0.25) is 0 Å². The van der Waals surface area contributed by atoms with Gasteiger partial charge in [0.1, 0.15) is 11.5 Å². The normalized spacial score (nSPS) is 17.7. The number of hydrogen-bond acceptors (Lipinski definition) is 5. The van der Waals surface area contributed by atoms with E-state index in [9.17, 15) is 22.8 Å². The summed E-state index contributed by atoms with van der Waals surface area (Å²) in [5.74, 6) is -2.03. The third kappa shape index (κ3) is 3.65. The summed E-state index contributed by atoms with van der Waals surface area (Å²) in [4.78, 5) is 25.2. The van der Waals surface area contributed by atoms with Crippen molar-refractivity contribution < 1.29 is 37.0 Å². The first-order valence-electron chi connectivity index (χ1n) is 9.74. The Kier molecular flexibility index (Phi) is 5.49. The van der Waals surface area contributed by atoms with Gasteiger partial charge in [0.05, 0.1) is 19.9 Å². The standard InChI is InChI=1S/C24H18F3NO5/c1-31-16-9-11-19(32-2)15(13-16)8-12-20(29)33-23(24(25,26)27)18-10-7-14-5-3-4-6-17(14)21(18)28-22(23)30/h3-13H,1-2H3,(H,28,30)/b12-8+. The summed E-state index contributed by atoms with van der Waals surface area (Å²) in [6.07, 6.45) is -3.18. The lowest BCUT2D eigenvalue weighted by molar-refractivity contribution is -0.260. The summed E-state index contributed by atoms with van der Waals surface area (Å²) in [6, 6.07) is 14.0. The molecule has 0 spiro atoms. The first-order valence-corrected chi connectivity index (χ1v) is 9.74. The molecule has 0 aliphatic carbocycles. The Labute approximate surface area is 186 Å². The van der Waals surface area contributed by atoms with Crippen molar-refractivity contribution in [3.05, 3.63) is 71.8 Å². The zero-order valence-corrected chi connectivity index (χ0v) is 17.5. The molecule has 1 heterocycles. The highest BCUT2D eigenvalue weighted by Gasteiger charge is 2.68. The predicted molar refractivity (Wildman–Crippen MR) is 115 cm³/mol. The van der Waals surface area contributed by atoms with E-state index in [1.807, 2.05) is 0 Å². The minimum atomic E-state index is -5.21. The second-order valence-corrected chi connectivity index (χ2v) is 7.20. The molecule has 6 nitrogen and oxygen atoms in total. The Hall–Kier alpha value is -4.01. The van der Waals surface area contributed by atoms with Crippen molar-refractivity contribution >= 4 is 34.4 Å². The van der Waals surface area contributed by atoms with E-state index >= 15 is 0 Å². The number of anilines is 1. The highest BCUT2D eigenvalue weighted by molar-refractivity contribution is 6.14. The number of esters is 1. The molecule has 3 aromatic carbocycles. The average molecular weight is 457 g/mol. The molecule has 1 aliphatic heterocycles. The van der Waals surface area contributed by atoms with Crippen molar-refractivity contribution in [1.29, 1.82) is 0 Å². The molecule has 1 N–H and O–H groups in total. The van der Waals surface area contributed by atoms with Crippen LogP contribution in [-0.2, 0) is 19.9 Å². The molecule has 1 amide bonds. The predicted octanol–water partition coefficient (Wildman–Crippen LogP) is 4.82. The molecule has 0 aromatic heterocycles. The van der Waals surface area contributed by atoms with Crippen molar-refractivity contribution in [3.8, 4) is 11.5 Å². The quantitative estimate of drug-likeness (QED) is 0.439. The van der Waals surface area contributed by atoms with E-state index in [0.29, 0.717) is 27.8 Å². The fourth-order valence-electron chi connectivity index (χ4n) is 3.78. The van der Waals surface area contributed by atoms with Gasteiger partial charge < -0.3 is 19.5 Å². The molecule has 0 bridgehead atoms. The van der Waals surface area contributed by atoms with Crippen LogP contribution in [0.3, 0.4) is 0 Å². The zero-order valence-electron chi connectivity index (χ0n) is 17.5. The second kappa shape index (κ2) is 8.16. The highest BCUT2D eigenvalue weighted by atomic mass is 19.4. The van der Waals surface area contributed by atoms with Crippen LogP contribution in [-0.4, -0.2) is 32.3 Å². The minimum Gasteiger partial charge on any atom is -0.497 e. The molecule has 0 saturated heterocycles. The number of carbonyl (C=O) groups excluding carboxylic acids is 2. The lowest BCUT2D eigenvalue weighted by Gasteiger charge is -2.29. The fourth-order valence-corrected chi connectivity index (χ4v) is 3.78. The molecular formula is C24H18F3NO5. The van der Waals surface area contributed by atoms with Crippen LogP contribution >= 0.6 is 0 Å². The van der Waals surface area contributed by atoms with Gasteiger partial charge in [-0.1, -0.05) is 36.4 Å². The number of carbonyl (C=O) groups is 2. The van der Waals surface area contributed by atoms with Crippen molar-refractivity contribution in [2.24, 2.45) is 0 Å². The molecule has 0 saturated carbocycles. The maximum atomic E-state index is 14.3. The van der Waals surface area contributed by atoms with Gasteiger partial charge in [-0.2, -0.15) is 13.2 Å². The van der Waals surface area contributed by atoms with E-state index in [4.69, 9.17) is 14.2 Å². The Morgan fingerprint density at radius 2 is 1.79 bits per heavy atom. The molecule has 1 atom stereocenters. The van der Waals surface area contributed by atoms with Gasteiger partial charge in [-0.25, -0.2) is 4.79 Å². The van der Waals surface area contributed by atoms with Gasteiger partial charge >= 0.3 is 17.7 Å². The molecule has 3 aromatic rings. The lowest BCUT2D eigenvalue weighted by Crippen LogP contribution is -2.51. The monoisotopic (exact) mass is 457 g/mol. The molecule has 4 rings (SSSR count). The van der Waals surface area contributed by atoms with E-state index < -0.39 is 29.2 Å². The van der Waals surface area contributed by atoms with Gasteiger partial charge in [0, 0.05) is 22.6 Å². The average Bonchev–Trinajstić information content (AvgIpc) is 3.10. The number of nitrogens with one attached hydrogen (secondary N) is 1. The smallest absolute Gasteiger partial charge is 0.442 e. The van der Waals surface area contributed by atoms with Gasteiger partial charge in [0.25, 0.3) is 5.91 Å². The molecule has 1 unspecified atom stereocenters. The summed E-state index contributed by atoms with van der Waals surface area (Å²) in [5, 5.41) is 3.29. The van der Waals surface area contributed by atoms with E-state index in [1.165, 1.54) is 32.4 Å². The van der Waals surface area contributed by atoms with Crippen molar-refractivity contribution in [2.75, 3.05) is 19.5 Å². The van der Waals surface area contributed by atoms with Crippen LogP contribution in [0, 0.1) is 0 Å². The Balaban J connectivity index is 1.74.